The second-order valence-electron chi connectivity index (χ2n) is 6.38. The summed E-state index contributed by atoms with van der Waals surface area (Å²) in [5.74, 6) is 0.595. The van der Waals surface area contributed by atoms with Crippen LogP contribution in [0.1, 0.15) is 12.5 Å². The van der Waals surface area contributed by atoms with E-state index in [0.717, 1.165) is 5.75 Å². The van der Waals surface area contributed by atoms with Gasteiger partial charge in [0.2, 0.25) is 15.9 Å². The molecule has 0 aliphatic rings. The number of rotatable bonds is 8. The zero-order valence-electron chi connectivity index (χ0n) is 15.7. The van der Waals surface area contributed by atoms with Gasteiger partial charge in [-0.15, -0.1) is 0 Å². The summed E-state index contributed by atoms with van der Waals surface area (Å²) in [6.45, 7) is 4.84. The number of carbonyl (C=O) groups excluding carboxylic acids is 1. The van der Waals surface area contributed by atoms with Gasteiger partial charge in [0.25, 0.3) is 0 Å². The summed E-state index contributed by atoms with van der Waals surface area (Å²) in [6.07, 6.45) is 0. The highest BCUT2D eigenvalue weighted by molar-refractivity contribution is 7.89. The number of nitrogens with one attached hydrogen (secondary N) is 1. The second kappa shape index (κ2) is 8.98. The number of sulfonamides is 1. The number of ether oxygens (including phenoxy) is 1. The molecule has 1 amide bonds. The Labute approximate surface area is 160 Å². The number of likely N-dealkylation sites (N-methyl/N-ethyl adjacent to an activating group) is 1. The van der Waals surface area contributed by atoms with Crippen molar-refractivity contribution in [3.05, 3.63) is 54.1 Å². The molecule has 0 aliphatic heterocycles. The number of nitrogens with two attached hydrogens (primary N) is 1. The first kappa shape index (κ1) is 20.9. The molecule has 0 saturated carbocycles. The van der Waals surface area contributed by atoms with Crippen LogP contribution in [-0.2, 0) is 14.8 Å². The lowest BCUT2D eigenvalue weighted by molar-refractivity contribution is -0.120. The van der Waals surface area contributed by atoms with Gasteiger partial charge >= 0.3 is 0 Å². The first-order valence-electron chi connectivity index (χ1n) is 8.50. The van der Waals surface area contributed by atoms with Gasteiger partial charge < -0.3 is 10.1 Å². The van der Waals surface area contributed by atoms with Crippen LogP contribution in [0.25, 0.3) is 0 Å². The number of anilines is 1. The van der Waals surface area contributed by atoms with E-state index < -0.39 is 10.0 Å². The normalized spacial score (nSPS) is 12.6. The molecule has 0 aromatic heterocycles. The lowest BCUT2D eigenvalue weighted by atomic mass is 10.2. The smallest absolute Gasteiger partial charge is 0.241 e. The molecule has 3 N–H and O–H groups in total. The minimum Gasteiger partial charge on any atom is -0.492 e. The van der Waals surface area contributed by atoms with E-state index in [2.05, 4.69) is 5.32 Å². The zero-order valence-corrected chi connectivity index (χ0v) is 16.5. The number of primary sulfonamides is 1. The van der Waals surface area contributed by atoms with Crippen molar-refractivity contribution < 1.29 is 17.9 Å². The Kier molecular flexibility index (Phi) is 6.95. The van der Waals surface area contributed by atoms with Crippen molar-refractivity contribution in [2.24, 2.45) is 5.14 Å². The predicted octanol–water partition coefficient (Wildman–Crippen LogP) is 1.98. The summed E-state index contributed by atoms with van der Waals surface area (Å²) >= 11 is 0. The SMILES string of the molecule is Cc1ccc(OCCN(C)[C@@H](C)C(=O)Nc2ccc(S(N)(=O)=O)cc2)cc1. The maximum Gasteiger partial charge on any atom is 0.241 e. The molecule has 146 valence electrons. The average molecular weight is 391 g/mol. The molecule has 0 bridgehead atoms. The summed E-state index contributed by atoms with van der Waals surface area (Å²) < 4.78 is 28.2. The molecule has 27 heavy (non-hydrogen) atoms. The molecular weight excluding hydrogens is 366 g/mol. The van der Waals surface area contributed by atoms with Gasteiger partial charge in [-0.1, -0.05) is 17.7 Å². The van der Waals surface area contributed by atoms with E-state index >= 15 is 0 Å². The Hall–Kier alpha value is -2.42. The van der Waals surface area contributed by atoms with Crippen LogP contribution in [0.5, 0.6) is 5.75 Å². The first-order chi connectivity index (χ1) is 12.7. The number of hydrogen-bond donors (Lipinski definition) is 2. The van der Waals surface area contributed by atoms with Crippen LogP contribution in [0.4, 0.5) is 5.69 Å². The van der Waals surface area contributed by atoms with Crippen molar-refractivity contribution in [3.8, 4) is 5.75 Å². The Morgan fingerprint density at radius 2 is 1.74 bits per heavy atom. The van der Waals surface area contributed by atoms with E-state index in [4.69, 9.17) is 9.88 Å². The predicted molar refractivity (Wildman–Crippen MR) is 105 cm³/mol. The van der Waals surface area contributed by atoms with Gasteiger partial charge in [0.05, 0.1) is 10.9 Å². The van der Waals surface area contributed by atoms with Gasteiger partial charge in [-0.2, -0.15) is 0 Å². The average Bonchev–Trinajstić information content (AvgIpc) is 2.62. The molecule has 0 spiro atoms. The summed E-state index contributed by atoms with van der Waals surface area (Å²) in [7, 11) is -1.91. The summed E-state index contributed by atoms with van der Waals surface area (Å²) in [6, 6.07) is 13.1. The number of aryl methyl sites for hydroxylation is 1. The van der Waals surface area contributed by atoms with Crippen molar-refractivity contribution in [2.75, 3.05) is 25.5 Å². The number of carbonyl (C=O) groups is 1. The van der Waals surface area contributed by atoms with Crippen LogP contribution in [0, 0.1) is 6.92 Å². The third kappa shape index (κ3) is 6.35. The van der Waals surface area contributed by atoms with Crippen molar-refractivity contribution in [1.29, 1.82) is 0 Å². The number of nitrogens with zero attached hydrogens (tertiary/aromatic N) is 1. The fourth-order valence-corrected chi connectivity index (χ4v) is 2.83. The highest BCUT2D eigenvalue weighted by Crippen LogP contribution is 2.14. The quantitative estimate of drug-likeness (QED) is 0.716. The molecule has 0 fully saturated rings. The summed E-state index contributed by atoms with van der Waals surface area (Å²) in [5, 5.41) is 7.82. The maximum absolute atomic E-state index is 12.4. The molecule has 0 heterocycles. The topological polar surface area (TPSA) is 102 Å². The Bertz CT molecular complexity index is 865. The van der Waals surface area contributed by atoms with Crippen LogP contribution in [0.2, 0.25) is 0 Å². The molecule has 2 aromatic carbocycles. The molecule has 7 nitrogen and oxygen atoms in total. The van der Waals surface area contributed by atoms with Crippen molar-refractivity contribution in [3.63, 3.8) is 0 Å². The standard InChI is InChI=1S/C19H25N3O4S/c1-14-4-8-17(9-5-14)26-13-12-22(3)15(2)19(23)21-16-6-10-18(11-7-16)27(20,24)25/h4-11,15H,12-13H2,1-3H3,(H,21,23)(H2,20,24,25)/t15-/m0/s1. The molecule has 2 rings (SSSR count). The van der Waals surface area contributed by atoms with Crippen molar-refractivity contribution in [2.45, 2.75) is 24.8 Å². The largest absolute Gasteiger partial charge is 0.492 e. The lowest BCUT2D eigenvalue weighted by Gasteiger charge is -2.24. The van der Waals surface area contributed by atoms with Gasteiger partial charge in [0.15, 0.2) is 0 Å². The molecule has 0 unspecified atom stereocenters. The summed E-state index contributed by atoms with van der Waals surface area (Å²) in [5.41, 5.74) is 1.67. The molecule has 8 heteroatoms. The second-order valence-corrected chi connectivity index (χ2v) is 7.94. The van der Waals surface area contributed by atoms with E-state index in [0.29, 0.717) is 18.8 Å². The number of benzene rings is 2. The van der Waals surface area contributed by atoms with E-state index in [9.17, 15) is 13.2 Å². The van der Waals surface area contributed by atoms with E-state index in [1.807, 2.05) is 43.1 Å². The maximum atomic E-state index is 12.4. The Morgan fingerprint density at radius 1 is 1.15 bits per heavy atom. The third-order valence-corrected chi connectivity index (χ3v) is 5.15. The first-order valence-corrected chi connectivity index (χ1v) is 10.0. The highest BCUT2D eigenvalue weighted by Gasteiger charge is 2.18. The highest BCUT2D eigenvalue weighted by atomic mass is 32.2. The van der Waals surface area contributed by atoms with Crippen LogP contribution in [0.15, 0.2) is 53.4 Å². The molecule has 2 aromatic rings. The monoisotopic (exact) mass is 391 g/mol. The molecule has 1 atom stereocenters. The zero-order chi connectivity index (χ0) is 20.0. The van der Waals surface area contributed by atoms with Crippen molar-refractivity contribution in [1.82, 2.24) is 4.90 Å². The fraction of sp³-hybridized carbons (Fsp3) is 0.316. The fourth-order valence-electron chi connectivity index (χ4n) is 2.31. The van der Waals surface area contributed by atoms with Crippen LogP contribution in [0.3, 0.4) is 0 Å². The van der Waals surface area contributed by atoms with Gasteiger partial charge in [0.1, 0.15) is 12.4 Å². The van der Waals surface area contributed by atoms with Gasteiger partial charge in [0, 0.05) is 12.2 Å². The Balaban J connectivity index is 1.83. The minimum absolute atomic E-state index is 0.00100. The molecule has 0 saturated heterocycles. The lowest BCUT2D eigenvalue weighted by Crippen LogP contribution is -2.41. The minimum atomic E-state index is -3.75. The van der Waals surface area contributed by atoms with Crippen LogP contribution >= 0.6 is 0 Å². The van der Waals surface area contributed by atoms with Gasteiger partial charge in [-0.25, -0.2) is 13.6 Å². The summed E-state index contributed by atoms with van der Waals surface area (Å²) in [4.78, 5) is 14.2. The van der Waals surface area contributed by atoms with Crippen LogP contribution in [-0.4, -0.2) is 45.5 Å². The van der Waals surface area contributed by atoms with Crippen LogP contribution < -0.4 is 15.2 Å². The third-order valence-electron chi connectivity index (χ3n) is 4.22. The molecule has 0 aliphatic carbocycles. The van der Waals surface area contributed by atoms with Gasteiger partial charge in [-0.3, -0.25) is 9.69 Å². The number of amides is 1. The van der Waals surface area contributed by atoms with E-state index in [1.165, 1.54) is 29.8 Å². The van der Waals surface area contributed by atoms with E-state index in [1.54, 1.807) is 6.92 Å². The van der Waals surface area contributed by atoms with Gasteiger partial charge in [-0.05, 0) is 57.3 Å². The number of hydrogen-bond acceptors (Lipinski definition) is 5. The Morgan fingerprint density at radius 3 is 2.30 bits per heavy atom. The molecule has 0 radical (unpaired) electrons. The van der Waals surface area contributed by atoms with E-state index in [-0.39, 0.29) is 16.8 Å². The van der Waals surface area contributed by atoms with Crippen molar-refractivity contribution >= 4 is 21.6 Å². The molecular formula is C19H25N3O4S.